The maximum atomic E-state index is 13.9. The average Bonchev–Trinajstić information content (AvgIpc) is 3.04. The van der Waals surface area contributed by atoms with Gasteiger partial charge < -0.3 is 24.6 Å². The van der Waals surface area contributed by atoms with E-state index in [4.69, 9.17) is 9.47 Å². The van der Waals surface area contributed by atoms with Crippen molar-refractivity contribution in [2.45, 2.75) is 57.4 Å². The summed E-state index contributed by atoms with van der Waals surface area (Å²) in [4.78, 5) is 44.1. The van der Waals surface area contributed by atoms with Crippen molar-refractivity contribution in [3.63, 3.8) is 0 Å². The van der Waals surface area contributed by atoms with E-state index in [9.17, 15) is 22.8 Å². The molecule has 46 heavy (non-hydrogen) atoms. The van der Waals surface area contributed by atoms with E-state index in [1.165, 1.54) is 11.4 Å². The van der Waals surface area contributed by atoms with Gasteiger partial charge in [0.2, 0.25) is 21.8 Å². The van der Waals surface area contributed by atoms with Crippen LogP contribution in [-0.4, -0.2) is 95.7 Å². The molecule has 0 saturated carbocycles. The van der Waals surface area contributed by atoms with Crippen molar-refractivity contribution in [3.8, 4) is 11.5 Å². The molecule has 2 aromatic rings. The molecule has 0 radical (unpaired) electrons. The number of anilines is 1. The second-order valence-corrected chi connectivity index (χ2v) is 14.8. The second kappa shape index (κ2) is 14.3. The van der Waals surface area contributed by atoms with E-state index >= 15 is 0 Å². The molecule has 4 bridgehead atoms. The monoisotopic (exact) mass is 654 g/mol. The number of carbonyl (C=O) groups excluding carboxylic acids is 3. The number of nitrogens with one attached hydrogen (secondary N) is 1. The number of nitrogens with zero attached hydrogens (tertiary/aromatic N) is 3. The zero-order chi connectivity index (χ0) is 33.0. The van der Waals surface area contributed by atoms with Gasteiger partial charge in [0.15, 0.2) is 11.5 Å². The molecule has 3 heterocycles. The highest BCUT2D eigenvalue weighted by Gasteiger charge is 2.43. The Morgan fingerprint density at radius 3 is 2.41 bits per heavy atom. The first-order chi connectivity index (χ1) is 22.0. The van der Waals surface area contributed by atoms with Crippen LogP contribution in [0, 0.1) is 11.8 Å². The van der Waals surface area contributed by atoms with Crippen LogP contribution in [0.2, 0.25) is 0 Å². The molecule has 12 heteroatoms. The molecule has 0 aliphatic carbocycles. The highest BCUT2D eigenvalue weighted by molar-refractivity contribution is 7.92. The van der Waals surface area contributed by atoms with Crippen LogP contribution in [0.25, 0.3) is 0 Å². The molecular formula is C34H46N4O7S. The Hall–Kier alpha value is -3.80. The van der Waals surface area contributed by atoms with Gasteiger partial charge in [0, 0.05) is 57.7 Å². The van der Waals surface area contributed by atoms with Gasteiger partial charge in [-0.15, -0.1) is 0 Å². The average molecular weight is 655 g/mol. The molecule has 2 fully saturated rings. The summed E-state index contributed by atoms with van der Waals surface area (Å²) in [6, 6.07) is 10.6. The van der Waals surface area contributed by atoms with Crippen LogP contribution in [-0.2, 0) is 32.5 Å². The van der Waals surface area contributed by atoms with E-state index in [2.05, 4.69) is 11.4 Å². The highest BCUT2D eigenvalue weighted by atomic mass is 32.2. The number of aryl methyl sites for hydroxylation is 2. The van der Waals surface area contributed by atoms with E-state index < -0.39 is 10.0 Å². The molecule has 3 aliphatic heterocycles. The normalized spacial score (nSPS) is 22.8. The largest absolute Gasteiger partial charge is 0.493 e. The van der Waals surface area contributed by atoms with Gasteiger partial charge >= 0.3 is 0 Å². The predicted octanol–water partition coefficient (Wildman–Crippen LogP) is 3.25. The number of fused-ring (bicyclic) bond motifs is 6. The summed E-state index contributed by atoms with van der Waals surface area (Å²) in [5, 5.41) is 3.04. The number of rotatable bonds is 5. The molecule has 0 aromatic heterocycles. The lowest BCUT2D eigenvalue weighted by Gasteiger charge is -2.51. The first-order valence-corrected chi connectivity index (χ1v) is 18.0. The molecule has 11 nitrogen and oxygen atoms in total. The lowest BCUT2D eigenvalue weighted by Crippen LogP contribution is -2.60. The summed E-state index contributed by atoms with van der Waals surface area (Å²) in [5.74, 6) is 1.58. The number of methoxy groups -OCH3 is 2. The molecular weight excluding hydrogens is 608 g/mol. The van der Waals surface area contributed by atoms with Gasteiger partial charge in [0.25, 0.3) is 5.91 Å². The van der Waals surface area contributed by atoms with Crippen LogP contribution in [0.1, 0.15) is 60.0 Å². The number of hydrogen-bond acceptors (Lipinski definition) is 7. The van der Waals surface area contributed by atoms with Gasteiger partial charge in [-0.2, -0.15) is 0 Å². The molecule has 2 aromatic carbocycles. The Morgan fingerprint density at radius 1 is 0.957 bits per heavy atom. The number of likely N-dealkylation sites (tertiary alicyclic amines) is 1. The van der Waals surface area contributed by atoms with Gasteiger partial charge in [-0.25, -0.2) is 8.42 Å². The van der Waals surface area contributed by atoms with Crippen molar-refractivity contribution in [3.05, 3.63) is 53.1 Å². The molecule has 0 spiro atoms. The third kappa shape index (κ3) is 7.59. The second-order valence-electron chi connectivity index (χ2n) is 12.8. The third-order valence-corrected chi connectivity index (χ3v) is 10.8. The summed E-state index contributed by atoms with van der Waals surface area (Å²) in [6.07, 6.45) is 6.24. The number of ether oxygens (including phenoxy) is 2. The predicted molar refractivity (Wildman–Crippen MR) is 176 cm³/mol. The highest BCUT2D eigenvalue weighted by Crippen LogP contribution is 2.38. The van der Waals surface area contributed by atoms with Crippen LogP contribution < -0.4 is 19.1 Å². The van der Waals surface area contributed by atoms with Gasteiger partial charge in [0.05, 0.1) is 26.2 Å². The quantitative estimate of drug-likeness (QED) is 0.525. The molecule has 2 saturated heterocycles. The SMILES string of the molecule is COc1cc2cc(c1OC)CCCNC(=O)CCC[C@H]1[C@@H]3C[C@@H](CN(C(=O)c4ccc(N(C)S(C)(=O)=O)cc4)C3)CN1C(=O)CC2. The van der Waals surface area contributed by atoms with Gasteiger partial charge in [0.1, 0.15) is 0 Å². The van der Waals surface area contributed by atoms with Crippen molar-refractivity contribution in [2.75, 3.05) is 58.0 Å². The fourth-order valence-electron chi connectivity index (χ4n) is 7.26. The van der Waals surface area contributed by atoms with Crippen molar-refractivity contribution in [1.29, 1.82) is 0 Å². The Bertz CT molecular complexity index is 1550. The summed E-state index contributed by atoms with van der Waals surface area (Å²) >= 11 is 0. The van der Waals surface area contributed by atoms with Crippen molar-refractivity contribution in [1.82, 2.24) is 15.1 Å². The standard InChI is InChI=1S/C34H46N4O7S/c1-36(46(4,42)43)28-13-11-25(12-14-28)34(41)37-20-24-18-27(22-37)29-8-5-9-31(39)35-16-6-7-26-17-23(10-15-32(40)38(29)21-24)19-30(44-2)33(26)45-3/h11-14,17,19,24,27,29H,5-10,15-16,18,20-22H2,1-4H3,(H,35,39)/t24-,27+,29-/m0/s1. The minimum atomic E-state index is -3.41. The lowest BCUT2D eigenvalue weighted by molar-refractivity contribution is -0.140. The summed E-state index contributed by atoms with van der Waals surface area (Å²) in [5.41, 5.74) is 3.00. The molecule has 250 valence electrons. The molecule has 1 N–H and O–H groups in total. The molecule has 3 aliphatic rings. The zero-order valence-corrected chi connectivity index (χ0v) is 28.1. The van der Waals surface area contributed by atoms with E-state index in [0.29, 0.717) is 81.0 Å². The first kappa shape index (κ1) is 33.6. The van der Waals surface area contributed by atoms with Gasteiger partial charge in [-0.1, -0.05) is 6.07 Å². The van der Waals surface area contributed by atoms with Crippen LogP contribution in [0.5, 0.6) is 11.5 Å². The minimum Gasteiger partial charge on any atom is -0.493 e. The number of carbonyl (C=O) groups is 3. The first-order valence-electron chi connectivity index (χ1n) is 16.1. The Labute approximate surface area is 272 Å². The van der Waals surface area contributed by atoms with Gasteiger partial charge in [-0.3, -0.25) is 18.7 Å². The van der Waals surface area contributed by atoms with Crippen molar-refractivity contribution < 1.29 is 32.3 Å². The van der Waals surface area contributed by atoms with E-state index in [0.717, 1.165) is 36.6 Å². The lowest BCUT2D eigenvalue weighted by atomic mass is 9.77. The molecule has 3 atom stereocenters. The number of amides is 3. The van der Waals surface area contributed by atoms with Crippen LogP contribution in [0.3, 0.4) is 0 Å². The fourth-order valence-corrected chi connectivity index (χ4v) is 7.76. The zero-order valence-electron chi connectivity index (χ0n) is 27.3. The number of hydrogen-bond donors (Lipinski definition) is 1. The molecule has 0 unspecified atom stereocenters. The maximum Gasteiger partial charge on any atom is 0.253 e. The number of sulfonamides is 1. The van der Waals surface area contributed by atoms with Gasteiger partial charge in [-0.05, 0) is 91.8 Å². The van der Waals surface area contributed by atoms with E-state index in [-0.39, 0.29) is 35.6 Å². The van der Waals surface area contributed by atoms with Crippen molar-refractivity contribution >= 4 is 33.4 Å². The van der Waals surface area contributed by atoms with Crippen LogP contribution in [0.15, 0.2) is 36.4 Å². The Balaban J connectivity index is 1.34. The van der Waals surface area contributed by atoms with Crippen LogP contribution >= 0.6 is 0 Å². The molecule has 3 amide bonds. The summed E-state index contributed by atoms with van der Waals surface area (Å²) in [6.45, 7) is 2.22. The summed E-state index contributed by atoms with van der Waals surface area (Å²) < 4.78 is 36.3. The topological polar surface area (TPSA) is 126 Å². The Morgan fingerprint density at radius 2 is 1.72 bits per heavy atom. The smallest absolute Gasteiger partial charge is 0.253 e. The summed E-state index contributed by atoms with van der Waals surface area (Å²) in [7, 11) is 1.30. The van der Waals surface area contributed by atoms with E-state index in [1.54, 1.807) is 38.5 Å². The Kier molecular flexibility index (Phi) is 10.4. The van der Waals surface area contributed by atoms with Crippen LogP contribution in [0.4, 0.5) is 5.69 Å². The minimum absolute atomic E-state index is 0.00219. The molecule has 5 rings (SSSR count). The number of benzene rings is 2. The third-order valence-electron chi connectivity index (χ3n) is 9.64. The van der Waals surface area contributed by atoms with Crippen molar-refractivity contribution in [2.24, 2.45) is 11.8 Å². The van der Waals surface area contributed by atoms with E-state index in [1.807, 2.05) is 15.9 Å². The fraction of sp³-hybridized carbons (Fsp3) is 0.559. The number of piperidine rings is 2. The maximum absolute atomic E-state index is 13.9.